The highest BCUT2D eigenvalue weighted by Gasteiger charge is 2.32. The molecule has 0 radical (unpaired) electrons. The molecule has 0 amide bonds. The standard InChI is InChI=1S/C18H23N3S.HI/c1-18(11-14-5-2-3-6-15(14)12-18)13-21-17(19)20-9-8-16-7-4-10-22-16;/h2-7,10H,8-9,11-13H2,1H3,(H3,19,20,21);1H. The summed E-state index contributed by atoms with van der Waals surface area (Å²) < 4.78 is 0. The molecule has 0 bridgehead atoms. The summed E-state index contributed by atoms with van der Waals surface area (Å²) in [5, 5.41) is 5.32. The fourth-order valence-electron chi connectivity index (χ4n) is 3.10. The number of fused-ring (bicyclic) bond motifs is 1. The lowest BCUT2D eigenvalue weighted by Gasteiger charge is -2.21. The first-order valence-electron chi connectivity index (χ1n) is 7.78. The second-order valence-corrected chi connectivity index (χ2v) is 7.42. The number of benzene rings is 1. The van der Waals surface area contributed by atoms with Crippen molar-refractivity contribution in [2.75, 3.05) is 13.1 Å². The number of nitrogens with zero attached hydrogens (tertiary/aromatic N) is 1. The Morgan fingerprint density at radius 3 is 2.52 bits per heavy atom. The minimum absolute atomic E-state index is 0. The molecule has 1 aromatic carbocycles. The van der Waals surface area contributed by atoms with Crippen molar-refractivity contribution in [3.63, 3.8) is 0 Å². The van der Waals surface area contributed by atoms with Crippen molar-refractivity contribution in [1.82, 2.24) is 5.32 Å². The largest absolute Gasteiger partial charge is 0.370 e. The van der Waals surface area contributed by atoms with E-state index < -0.39 is 0 Å². The van der Waals surface area contributed by atoms with Crippen LogP contribution in [0.5, 0.6) is 0 Å². The van der Waals surface area contributed by atoms with Gasteiger partial charge < -0.3 is 11.1 Å². The van der Waals surface area contributed by atoms with Crippen molar-refractivity contribution in [2.45, 2.75) is 26.2 Å². The van der Waals surface area contributed by atoms with E-state index in [1.807, 2.05) is 0 Å². The molecule has 0 unspecified atom stereocenters. The number of thiophene rings is 1. The van der Waals surface area contributed by atoms with E-state index in [1.54, 1.807) is 11.3 Å². The van der Waals surface area contributed by atoms with Crippen LogP contribution in [0, 0.1) is 5.41 Å². The topological polar surface area (TPSA) is 50.4 Å². The third kappa shape index (κ3) is 4.94. The molecule has 1 heterocycles. The molecule has 1 aliphatic carbocycles. The number of guanidine groups is 1. The molecule has 3 N–H and O–H groups in total. The molecule has 0 atom stereocenters. The zero-order valence-corrected chi connectivity index (χ0v) is 16.6. The van der Waals surface area contributed by atoms with Crippen molar-refractivity contribution in [1.29, 1.82) is 0 Å². The molecule has 124 valence electrons. The maximum absolute atomic E-state index is 6.00. The molecule has 3 rings (SSSR count). The van der Waals surface area contributed by atoms with E-state index in [9.17, 15) is 0 Å². The third-order valence-electron chi connectivity index (χ3n) is 4.24. The van der Waals surface area contributed by atoms with Gasteiger partial charge in [-0.15, -0.1) is 35.3 Å². The average Bonchev–Trinajstić information content (AvgIpc) is 3.12. The lowest BCUT2D eigenvalue weighted by Crippen LogP contribution is -2.34. The van der Waals surface area contributed by atoms with E-state index in [0.29, 0.717) is 5.96 Å². The van der Waals surface area contributed by atoms with Gasteiger partial charge in [0, 0.05) is 18.0 Å². The summed E-state index contributed by atoms with van der Waals surface area (Å²) in [5.41, 5.74) is 9.12. The van der Waals surface area contributed by atoms with Crippen LogP contribution in [0.1, 0.15) is 22.9 Å². The highest BCUT2D eigenvalue weighted by Crippen LogP contribution is 2.36. The fourth-order valence-corrected chi connectivity index (χ4v) is 3.81. The lowest BCUT2D eigenvalue weighted by molar-refractivity contribution is 0.360. The van der Waals surface area contributed by atoms with Gasteiger partial charge in [0.2, 0.25) is 0 Å². The molecule has 2 aromatic rings. The molecule has 23 heavy (non-hydrogen) atoms. The van der Waals surface area contributed by atoms with E-state index in [2.05, 4.69) is 59.0 Å². The van der Waals surface area contributed by atoms with Crippen LogP contribution in [0.4, 0.5) is 0 Å². The Morgan fingerprint density at radius 1 is 1.22 bits per heavy atom. The summed E-state index contributed by atoms with van der Waals surface area (Å²) in [7, 11) is 0. The van der Waals surface area contributed by atoms with E-state index in [0.717, 1.165) is 32.4 Å². The van der Waals surface area contributed by atoms with Crippen molar-refractivity contribution in [2.24, 2.45) is 16.1 Å². The number of hydrogen-bond donors (Lipinski definition) is 2. The van der Waals surface area contributed by atoms with Gasteiger partial charge in [0.25, 0.3) is 0 Å². The van der Waals surface area contributed by atoms with E-state index in [-0.39, 0.29) is 29.4 Å². The van der Waals surface area contributed by atoms with Crippen molar-refractivity contribution in [3.8, 4) is 0 Å². The van der Waals surface area contributed by atoms with Crippen LogP contribution in [0.15, 0.2) is 46.8 Å². The molecular weight excluding hydrogens is 417 g/mol. The number of rotatable bonds is 5. The molecule has 0 fully saturated rings. The first-order valence-corrected chi connectivity index (χ1v) is 8.66. The molecule has 1 aromatic heterocycles. The second kappa shape index (κ2) is 8.15. The molecule has 0 spiro atoms. The van der Waals surface area contributed by atoms with Gasteiger partial charge in [0.1, 0.15) is 0 Å². The summed E-state index contributed by atoms with van der Waals surface area (Å²) in [6.45, 7) is 3.92. The highest BCUT2D eigenvalue weighted by atomic mass is 127. The van der Waals surface area contributed by atoms with Gasteiger partial charge in [-0.1, -0.05) is 37.3 Å². The Balaban J connectivity index is 0.00000192. The van der Waals surface area contributed by atoms with Gasteiger partial charge in [0.05, 0.1) is 0 Å². The molecule has 5 heteroatoms. The zero-order valence-electron chi connectivity index (χ0n) is 13.4. The predicted octanol–water partition coefficient (Wildman–Crippen LogP) is 3.62. The Kier molecular flexibility index (Phi) is 6.47. The predicted molar refractivity (Wildman–Crippen MR) is 110 cm³/mol. The summed E-state index contributed by atoms with van der Waals surface area (Å²) in [6, 6.07) is 12.9. The summed E-state index contributed by atoms with van der Waals surface area (Å²) in [5.74, 6) is 0.564. The van der Waals surface area contributed by atoms with Crippen LogP contribution >= 0.6 is 35.3 Å². The average molecular weight is 441 g/mol. The van der Waals surface area contributed by atoms with Crippen LogP contribution < -0.4 is 11.1 Å². The Bertz CT molecular complexity index is 627. The molecule has 0 saturated heterocycles. The number of halogens is 1. The van der Waals surface area contributed by atoms with Gasteiger partial charge >= 0.3 is 0 Å². The summed E-state index contributed by atoms with van der Waals surface area (Å²) in [6.07, 6.45) is 3.18. The Hall–Kier alpha value is -1.08. The molecule has 3 nitrogen and oxygen atoms in total. The van der Waals surface area contributed by atoms with Crippen LogP contribution in [-0.4, -0.2) is 19.0 Å². The zero-order chi connectivity index (χ0) is 15.4. The highest BCUT2D eigenvalue weighted by molar-refractivity contribution is 14.0. The minimum atomic E-state index is 0. The van der Waals surface area contributed by atoms with E-state index >= 15 is 0 Å². The van der Waals surface area contributed by atoms with Crippen LogP contribution in [-0.2, 0) is 19.3 Å². The van der Waals surface area contributed by atoms with Crippen molar-refractivity contribution < 1.29 is 0 Å². The Morgan fingerprint density at radius 2 is 1.91 bits per heavy atom. The number of aliphatic imine (C=N–C) groups is 1. The summed E-state index contributed by atoms with van der Waals surface area (Å²) >= 11 is 1.78. The van der Waals surface area contributed by atoms with Gasteiger partial charge in [0.15, 0.2) is 5.96 Å². The van der Waals surface area contributed by atoms with Crippen LogP contribution in [0.2, 0.25) is 0 Å². The maximum Gasteiger partial charge on any atom is 0.188 e. The first kappa shape index (κ1) is 18.3. The number of hydrogen-bond acceptors (Lipinski definition) is 2. The van der Waals surface area contributed by atoms with Crippen molar-refractivity contribution in [3.05, 3.63) is 57.8 Å². The second-order valence-electron chi connectivity index (χ2n) is 6.39. The quantitative estimate of drug-likeness (QED) is 0.423. The third-order valence-corrected chi connectivity index (χ3v) is 5.18. The van der Waals surface area contributed by atoms with Gasteiger partial charge in [-0.3, -0.25) is 4.99 Å². The van der Waals surface area contributed by atoms with Gasteiger partial charge in [-0.25, -0.2) is 0 Å². The number of nitrogens with two attached hydrogens (primary N) is 1. The SMILES string of the molecule is CC1(CN=C(N)NCCc2cccs2)Cc2ccccc2C1.I. The van der Waals surface area contributed by atoms with Gasteiger partial charge in [-0.2, -0.15) is 0 Å². The fraction of sp³-hybridized carbons (Fsp3) is 0.389. The smallest absolute Gasteiger partial charge is 0.188 e. The van der Waals surface area contributed by atoms with Gasteiger partial charge in [-0.05, 0) is 47.3 Å². The normalized spacial score (nSPS) is 15.8. The molecule has 0 saturated carbocycles. The Labute approximate surface area is 159 Å². The molecule has 0 aliphatic heterocycles. The summed E-state index contributed by atoms with van der Waals surface area (Å²) in [4.78, 5) is 5.94. The minimum Gasteiger partial charge on any atom is -0.370 e. The number of nitrogens with one attached hydrogen (secondary N) is 1. The monoisotopic (exact) mass is 441 g/mol. The maximum atomic E-state index is 6.00. The van der Waals surface area contributed by atoms with E-state index in [4.69, 9.17) is 5.73 Å². The van der Waals surface area contributed by atoms with Crippen molar-refractivity contribution >= 4 is 41.3 Å². The van der Waals surface area contributed by atoms with E-state index in [1.165, 1.54) is 16.0 Å². The van der Waals surface area contributed by atoms with Crippen LogP contribution in [0.25, 0.3) is 0 Å². The van der Waals surface area contributed by atoms with Crippen LogP contribution in [0.3, 0.4) is 0 Å². The molecular formula is C18H24IN3S. The first-order chi connectivity index (χ1) is 10.6. The lowest BCUT2D eigenvalue weighted by atomic mass is 9.87. The molecule has 1 aliphatic rings.